The molecule has 0 aliphatic carbocycles. The summed E-state index contributed by atoms with van der Waals surface area (Å²) in [6.07, 6.45) is 8.05. The maximum Gasteiger partial charge on any atom is 0.0897 e. The van der Waals surface area contributed by atoms with Gasteiger partial charge in [-0.3, -0.25) is 0 Å². The number of hydrogen-bond acceptors (Lipinski definition) is 5. The summed E-state index contributed by atoms with van der Waals surface area (Å²) >= 11 is 1.83. The van der Waals surface area contributed by atoms with E-state index in [2.05, 4.69) is 12.2 Å². The van der Waals surface area contributed by atoms with Gasteiger partial charge in [0.15, 0.2) is 0 Å². The smallest absolute Gasteiger partial charge is 0.0897 e. The molecule has 0 aliphatic rings. The van der Waals surface area contributed by atoms with E-state index in [1.54, 1.807) is 0 Å². The van der Waals surface area contributed by atoms with E-state index in [-0.39, 0.29) is 6.61 Å². The lowest BCUT2D eigenvalue weighted by Gasteiger charge is -2.12. The van der Waals surface area contributed by atoms with E-state index in [1.165, 1.54) is 32.1 Å². The van der Waals surface area contributed by atoms with E-state index >= 15 is 0 Å². The molecule has 0 aromatic rings. The van der Waals surface area contributed by atoms with Crippen LogP contribution in [0.5, 0.6) is 0 Å². The molecule has 0 radical (unpaired) electrons. The van der Waals surface area contributed by atoms with Crippen LogP contribution in [0.2, 0.25) is 0 Å². The second kappa shape index (κ2) is 18.2. The zero-order valence-corrected chi connectivity index (χ0v) is 14.5. The van der Waals surface area contributed by atoms with Crippen LogP contribution in [0.25, 0.3) is 0 Å². The molecule has 1 unspecified atom stereocenters. The monoisotopic (exact) mass is 321 g/mol. The molecular formula is C16H35NO3S. The average Bonchev–Trinajstić information content (AvgIpc) is 2.49. The largest absolute Gasteiger partial charge is 0.396 e. The van der Waals surface area contributed by atoms with Crippen LogP contribution < -0.4 is 5.32 Å². The highest BCUT2D eigenvalue weighted by Crippen LogP contribution is 2.05. The molecule has 0 saturated heterocycles. The van der Waals surface area contributed by atoms with Gasteiger partial charge in [-0.1, -0.05) is 39.0 Å². The van der Waals surface area contributed by atoms with Crippen molar-refractivity contribution in [2.75, 3.05) is 44.4 Å². The Kier molecular flexibility index (Phi) is 18.4. The van der Waals surface area contributed by atoms with Crippen LogP contribution in [-0.2, 0) is 4.74 Å². The van der Waals surface area contributed by atoms with Crippen molar-refractivity contribution in [2.45, 2.75) is 58.0 Å². The van der Waals surface area contributed by atoms with Gasteiger partial charge in [-0.05, 0) is 18.6 Å². The second-order valence-corrected chi connectivity index (χ2v) is 6.61. The Bertz CT molecular complexity index is 196. The molecular weight excluding hydrogens is 286 g/mol. The summed E-state index contributed by atoms with van der Waals surface area (Å²) in [5.41, 5.74) is 0. The van der Waals surface area contributed by atoms with Crippen molar-refractivity contribution in [3.8, 4) is 0 Å². The van der Waals surface area contributed by atoms with Gasteiger partial charge in [0, 0.05) is 32.1 Å². The molecule has 3 N–H and O–H groups in total. The number of unbranched alkanes of at least 4 members (excludes halogenated alkanes) is 5. The van der Waals surface area contributed by atoms with E-state index in [1.807, 2.05) is 11.8 Å². The highest BCUT2D eigenvalue weighted by atomic mass is 32.2. The van der Waals surface area contributed by atoms with Gasteiger partial charge in [-0.15, -0.1) is 0 Å². The molecule has 0 amide bonds. The van der Waals surface area contributed by atoms with Crippen LogP contribution >= 0.6 is 11.8 Å². The molecule has 0 spiro atoms. The number of thioether (sulfide) groups is 1. The first-order valence-electron chi connectivity index (χ1n) is 8.46. The third kappa shape index (κ3) is 18.1. The molecule has 0 aliphatic heterocycles. The maximum absolute atomic E-state index is 9.74. The molecule has 0 fully saturated rings. The zero-order chi connectivity index (χ0) is 15.6. The molecule has 0 saturated carbocycles. The first-order valence-corrected chi connectivity index (χ1v) is 9.61. The molecule has 0 aromatic carbocycles. The zero-order valence-electron chi connectivity index (χ0n) is 13.7. The number of ether oxygens (including phenoxy) is 1. The number of rotatable bonds is 17. The van der Waals surface area contributed by atoms with E-state index < -0.39 is 6.10 Å². The molecule has 0 aromatic heterocycles. The standard InChI is InChI=1S/C16H35NO3S/c1-2-3-4-5-6-7-11-20-15-16(19)14-17-9-13-21-12-8-10-18/h16-19H,2-15H2,1H3. The first kappa shape index (κ1) is 21.2. The van der Waals surface area contributed by atoms with E-state index in [0.29, 0.717) is 13.2 Å². The number of aliphatic hydroxyl groups is 2. The normalized spacial score (nSPS) is 12.7. The highest BCUT2D eigenvalue weighted by molar-refractivity contribution is 7.99. The maximum atomic E-state index is 9.74. The molecule has 0 rings (SSSR count). The van der Waals surface area contributed by atoms with Gasteiger partial charge in [-0.25, -0.2) is 0 Å². The van der Waals surface area contributed by atoms with Crippen LogP contribution in [0.15, 0.2) is 0 Å². The first-order chi connectivity index (χ1) is 10.3. The summed E-state index contributed by atoms with van der Waals surface area (Å²) in [4.78, 5) is 0. The summed E-state index contributed by atoms with van der Waals surface area (Å²) in [6.45, 7) is 5.18. The van der Waals surface area contributed by atoms with E-state index in [9.17, 15) is 5.11 Å². The Hall–Kier alpha value is 0.190. The Morgan fingerprint density at radius 2 is 1.81 bits per heavy atom. The van der Waals surface area contributed by atoms with Gasteiger partial charge in [-0.2, -0.15) is 11.8 Å². The van der Waals surface area contributed by atoms with E-state index in [0.717, 1.165) is 37.5 Å². The lowest BCUT2D eigenvalue weighted by molar-refractivity contribution is 0.0357. The topological polar surface area (TPSA) is 61.7 Å². The number of aliphatic hydroxyl groups excluding tert-OH is 2. The summed E-state index contributed by atoms with van der Waals surface area (Å²) in [5, 5.41) is 21.6. The molecule has 4 nitrogen and oxygen atoms in total. The molecule has 0 heterocycles. The lowest BCUT2D eigenvalue weighted by Crippen LogP contribution is -2.31. The van der Waals surface area contributed by atoms with Gasteiger partial charge in [0.05, 0.1) is 12.7 Å². The highest BCUT2D eigenvalue weighted by Gasteiger charge is 2.03. The van der Waals surface area contributed by atoms with Crippen LogP contribution in [0.3, 0.4) is 0 Å². The van der Waals surface area contributed by atoms with Crippen LogP contribution in [0, 0.1) is 0 Å². The van der Waals surface area contributed by atoms with Crippen molar-refractivity contribution in [3.05, 3.63) is 0 Å². The predicted molar refractivity (Wildman–Crippen MR) is 92.1 cm³/mol. The summed E-state index contributed by atoms with van der Waals surface area (Å²) in [6, 6.07) is 0. The number of nitrogens with one attached hydrogen (secondary N) is 1. The van der Waals surface area contributed by atoms with Crippen molar-refractivity contribution < 1.29 is 14.9 Å². The van der Waals surface area contributed by atoms with Crippen molar-refractivity contribution in [2.24, 2.45) is 0 Å². The van der Waals surface area contributed by atoms with Gasteiger partial charge >= 0.3 is 0 Å². The molecule has 1 atom stereocenters. The van der Waals surface area contributed by atoms with Crippen LogP contribution in [0.4, 0.5) is 0 Å². The molecule has 21 heavy (non-hydrogen) atoms. The predicted octanol–water partition coefficient (Wildman–Crippen LogP) is 2.43. The van der Waals surface area contributed by atoms with Crippen molar-refractivity contribution in [1.82, 2.24) is 5.32 Å². The fourth-order valence-corrected chi connectivity index (χ4v) is 2.77. The molecule has 0 bridgehead atoms. The Labute approximate surface area is 135 Å². The van der Waals surface area contributed by atoms with Crippen molar-refractivity contribution in [1.29, 1.82) is 0 Å². The van der Waals surface area contributed by atoms with Crippen molar-refractivity contribution >= 4 is 11.8 Å². The van der Waals surface area contributed by atoms with E-state index in [4.69, 9.17) is 9.84 Å². The Morgan fingerprint density at radius 3 is 2.57 bits per heavy atom. The Balaban J connectivity index is 3.11. The van der Waals surface area contributed by atoms with Crippen molar-refractivity contribution in [3.63, 3.8) is 0 Å². The summed E-state index contributed by atoms with van der Waals surface area (Å²) < 4.78 is 5.49. The average molecular weight is 322 g/mol. The summed E-state index contributed by atoms with van der Waals surface area (Å²) in [5.74, 6) is 2.02. The minimum atomic E-state index is -0.410. The minimum absolute atomic E-state index is 0.273. The quantitative estimate of drug-likeness (QED) is 0.359. The summed E-state index contributed by atoms with van der Waals surface area (Å²) in [7, 11) is 0. The molecule has 128 valence electrons. The van der Waals surface area contributed by atoms with Gasteiger partial charge in [0.2, 0.25) is 0 Å². The van der Waals surface area contributed by atoms with Gasteiger partial charge in [0.25, 0.3) is 0 Å². The van der Waals surface area contributed by atoms with Crippen LogP contribution in [-0.4, -0.2) is 60.7 Å². The minimum Gasteiger partial charge on any atom is -0.396 e. The lowest BCUT2D eigenvalue weighted by atomic mass is 10.1. The Morgan fingerprint density at radius 1 is 1.05 bits per heavy atom. The van der Waals surface area contributed by atoms with Gasteiger partial charge < -0.3 is 20.3 Å². The molecule has 5 heteroatoms. The number of hydrogen-bond donors (Lipinski definition) is 3. The third-order valence-corrected chi connectivity index (χ3v) is 4.27. The van der Waals surface area contributed by atoms with Crippen LogP contribution in [0.1, 0.15) is 51.9 Å². The van der Waals surface area contributed by atoms with Gasteiger partial charge in [0.1, 0.15) is 0 Å². The fraction of sp³-hybridized carbons (Fsp3) is 1.00. The third-order valence-electron chi connectivity index (χ3n) is 3.20. The fourth-order valence-electron chi connectivity index (χ4n) is 1.94. The SMILES string of the molecule is CCCCCCCCOCC(O)CNCCSCCCO. The second-order valence-electron chi connectivity index (χ2n) is 5.39.